The first-order valence-electron chi connectivity index (χ1n) is 8.21. The van der Waals surface area contributed by atoms with E-state index in [1.54, 1.807) is 19.0 Å². The Balaban J connectivity index is 0.00000625. The molecule has 148 valence electrons. The van der Waals surface area contributed by atoms with Crippen LogP contribution in [0.5, 0.6) is 0 Å². The molecule has 0 aliphatic heterocycles. The molecule has 1 atom stereocenters. The second kappa shape index (κ2) is 10.6. The van der Waals surface area contributed by atoms with Gasteiger partial charge in [-0.1, -0.05) is 13.0 Å². The van der Waals surface area contributed by atoms with Gasteiger partial charge >= 0.3 is 0 Å². The topological polar surface area (TPSA) is 56.7 Å². The molecule has 1 amide bonds. The van der Waals surface area contributed by atoms with Crippen molar-refractivity contribution in [3.05, 3.63) is 35.4 Å². The highest BCUT2D eigenvalue weighted by Gasteiger charge is 2.18. The number of rotatable bonds is 5. The summed E-state index contributed by atoms with van der Waals surface area (Å²) in [5.74, 6) is -0.938. The van der Waals surface area contributed by atoms with Crippen molar-refractivity contribution < 1.29 is 13.6 Å². The second-order valence-electron chi connectivity index (χ2n) is 7.15. The van der Waals surface area contributed by atoms with E-state index in [1.165, 1.54) is 12.1 Å². The number of carbonyl (C=O) groups is 1. The largest absolute Gasteiger partial charge is 0.356 e. The lowest BCUT2D eigenvalue weighted by Crippen LogP contribution is -2.49. The van der Waals surface area contributed by atoms with Gasteiger partial charge in [-0.3, -0.25) is 9.79 Å². The number of carbonyl (C=O) groups excluding carboxylic acids is 1. The maximum absolute atomic E-state index is 13.8. The summed E-state index contributed by atoms with van der Waals surface area (Å²) < 4.78 is 26.8. The molecular weight excluding hydrogens is 453 g/mol. The molecule has 0 bridgehead atoms. The highest BCUT2D eigenvalue weighted by atomic mass is 127. The summed E-state index contributed by atoms with van der Waals surface area (Å²) in [5, 5.41) is 6.00. The molecule has 26 heavy (non-hydrogen) atoms. The Labute approximate surface area is 171 Å². The molecule has 0 saturated heterocycles. The molecule has 5 nitrogen and oxygen atoms in total. The second-order valence-corrected chi connectivity index (χ2v) is 7.15. The quantitative estimate of drug-likeness (QED) is 0.386. The van der Waals surface area contributed by atoms with Gasteiger partial charge in [0.1, 0.15) is 11.6 Å². The third kappa shape index (κ3) is 8.29. The molecule has 0 heterocycles. The lowest BCUT2D eigenvalue weighted by molar-refractivity contribution is -0.122. The van der Waals surface area contributed by atoms with Gasteiger partial charge in [-0.25, -0.2) is 8.78 Å². The molecule has 0 aromatic heterocycles. The van der Waals surface area contributed by atoms with E-state index in [0.717, 1.165) is 6.07 Å². The zero-order valence-corrected chi connectivity index (χ0v) is 18.5. The predicted octanol–water partition coefficient (Wildman–Crippen LogP) is 3.11. The molecular formula is C18H29F2IN4O. The monoisotopic (exact) mass is 482 g/mol. The van der Waals surface area contributed by atoms with Gasteiger partial charge in [0.15, 0.2) is 5.96 Å². The van der Waals surface area contributed by atoms with E-state index in [9.17, 15) is 13.6 Å². The fraction of sp³-hybridized carbons (Fsp3) is 0.556. The summed E-state index contributed by atoms with van der Waals surface area (Å²) in [6, 6.07) is 3.57. The van der Waals surface area contributed by atoms with Crippen LogP contribution in [0.25, 0.3) is 0 Å². The molecule has 0 spiro atoms. The Hall–Kier alpha value is -1.45. The van der Waals surface area contributed by atoms with Crippen LogP contribution < -0.4 is 10.6 Å². The Morgan fingerprint density at radius 2 is 1.92 bits per heavy atom. The van der Waals surface area contributed by atoms with Gasteiger partial charge in [-0.15, -0.1) is 24.0 Å². The van der Waals surface area contributed by atoms with Crippen LogP contribution in [0.2, 0.25) is 0 Å². The molecule has 8 heteroatoms. The Kier molecular flexibility index (Phi) is 10.0. The third-order valence-corrected chi connectivity index (χ3v) is 3.53. The molecule has 1 aromatic rings. The Morgan fingerprint density at radius 3 is 2.42 bits per heavy atom. The van der Waals surface area contributed by atoms with Gasteiger partial charge in [0.2, 0.25) is 5.91 Å². The van der Waals surface area contributed by atoms with Crippen molar-refractivity contribution in [1.82, 2.24) is 15.5 Å². The van der Waals surface area contributed by atoms with E-state index in [0.29, 0.717) is 18.1 Å². The maximum Gasteiger partial charge on any atom is 0.240 e. The molecule has 0 saturated carbocycles. The zero-order valence-electron chi connectivity index (χ0n) is 16.2. The Bertz CT molecular complexity index is 632. The van der Waals surface area contributed by atoms with Crippen LogP contribution in [0.1, 0.15) is 39.2 Å². The number of aliphatic imine (C=N–C) groups is 1. The van der Waals surface area contributed by atoms with Crippen molar-refractivity contribution in [1.29, 1.82) is 0 Å². The number of hydrogen-bond donors (Lipinski definition) is 2. The fourth-order valence-corrected chi connectivity index (χ4v) is 2.39. The highest BCUT2D eigenvalue weighted by Crippen LogP contribution is 2.19. The molecule has 0 fully saturated rings. The summed E-state index contributed by atoms with van der Waals surface area (Å²) in [7, 11) is 3.37. The van der Waals surface area contributed by atoms with Crippen molar-refractivity contribution in [3.63, 3.8) is 0 Å². The third-order valence-electron chi connectivity index (χ3n) is 3.53. The molecule has 0 aliphatic rings. The van der Waals surface area contributed by atoms with Crippen LogP contribution in [0.15, 0.2) is 23.2 Å². The highest BCUT2D eigenvalue weighted by molar-refractivity contribution is 14.0. The molecule has 1 rings (SSSR count). The molecule has 0 radical (unpaired) electrons. The van der Waals surface area contributed by atoms with Crippen LogP contribution >= 0.6 is 24.0 Å². The Morgan fingerprint density at radius 1 is 1.31 bits per heavy atom. The van der Waals surface area contributed by atoms with Gasteiger partial charge in [-0.2, -0.15) is 0 Å². The van der Waals surface area contributed by atoms with Crippen molar-refractivity contribution in [2.45, 2.75) is 39.2 Å². The number of benzene rings is 1. The smallest absolute Gasteiger partial charge is 0.240 e. The summed E-state index contributed by atoms with van der Waals surface area (Å²) >= 11 is 0. The molecule has 0 aliphatic carbocycles. The van der Waals surface area contributed by atoms with Crippen LogP contribution in [-0.4, -0.2) is 49.5 Å². The normalized spacial score (nSPS) is 12.8. The molecule has 1 unspecified atom stereocenters. The minimum Gasteiger partial charge on any atom is -0.356 e. The van der Waals surface area contributed by atoms with E-state index in [2.05, 4.69) is 15.6 Å². The molecule has 1 aromatic carbocycles. The lowest BCUT2D eigenvalue weighted by Gasteiger charge is -2.26. The summed E-state index contributed by atoms with van der Waals surface area (Å²) in [6.45, 7) is 8.13. The first-order valence-corrected chi connectivity index (χ1v) is 8.21. The minimum atomic E-state index is -0.596. The number of hydrogen-bond acceptors (Lipinski definition) is 2. The van der Waals surface area contributed by atoms with Crippen molar-refractivity contribution in [3.8, 4) is 0 Å². The summed E-state index contributed by atoms with van der Waals surface area (Å²) in [6.07, 6.45) is 0. The van der Waals surface area contributed by atoms with E-state index in [-0.39, 0.29) is 47.9 Å². The lowest BCUT2D eigenvalue weighted by atomic mass is 10.0. The molecule has 2 N–H and O–H groups in total. The minimum absolute atomic E-state index is 0. The fourth-order valence-electron chi connectivity index (χ4n) is 2.39. The average molecular weight is 482 g/mol. The number of nitrogens with one attached hydrogen (secondary N) is 2. The number of halogens is 3. The van der Waals surface area contributed by atoms with Crippen LogP contribution in [0.4, 0.5) is 8.78 Å². The standard InChI is InChI=1S/C18H28F2N4O.HI/c1-12(14-8-7-13(19)9-15(14)20)10-22-17(21-5)24(6)11-16(25)23-18(2,3)4;/h7-9,12H,10-11H2,1-6H3,(H,21,22)(H,23,25);1H. The SMILES string of the molecule is CN=C(NCC(C)c1ccc(F)cc1F)N(C)CC(=O)NC(C)(C)C.I. The van der Waals surface area contributed by atoms with Gasteiger partial charge in [-0.05, 0) is 32.4 Å². The van der Waals surface area contributed by atoms with Gasteiger partial charge < -0.3 is 15.5 Å². The first kappa shape index (κ1) is 24.6. The summed E-state index contributed by atoms with van der Waals surface area (Å²) in [5.41, 5.74) is 0.126. The van der Waals surface area contributed by atoms with E-state index < -0.39 is 11.6 Å². The van der Waals surface area contributed by atoms with Crippen LogP contribution in [-0.2, 0) is 4.79 Å². The van der Waals surface area contributed by atoms with E-state index >= 15 is 0 Å². The van der Waals surface area contributed by atoms with Crippen LogP contribution in [0.3, 0.4) is 0 Å². The maximum atomic E-state index is 13.8. The number of likely N-dealkylation sites (N-methyl/N-ethyl adjacent to an activating group) is 1. The van der Waals surface area contributed by atoms with Crippen molar-refractivity contribution in [2.75, 3.05) is 27.2 Å². The van der Waals surface area contributed by atoms with E-state index in [4.69, 9.17) is 0 Å². The van der Waals surface area contributed by atoms with E-state index in [1.807, 2.05) is 27.7 Å². The van der Waals surface area contributed by atoms with Gasteiger partial charge in [0, 0.05) is 38.2 Å². The predicted molar refractivity (Wildman–Crippen MR) is 112 cm³/mol. The first-order chi connectivity index (χ1) is 11.5. The van der Waals surface area contributed by atoms with Gasteiger partial charge in [0.25, 0.3) is 0 Å². The zero-order chi connectivity index (χ0) is 19.2. The summed E-state index contributed by atoms with van der Waals surface area (Å²) in [4.78, 5) is 17.8. The average Bonchev–Trinajstić information content (AvgIpc) is 2.45. The van der Waals surface area contributed by atoms with Gasteiger partial charge in [0.05, 0.1) is 6.54 Å². The number of guanidine groups is 1. The number of nitrogens with zero attached hydrogens (tertiary/aromatic N) is 2. The van der Waals surface area contributed by atoms with Crippen molar-refractivity contribution >= 4 is 35.8 Å². The number of amides is 1. The van der Waals surface area contributed by atoms with Crippen LogP contribution in [0, 0.1) is 11.6 Å². The van der Waals surface area contributed by atoms with Crippen molar-refractivity contribution in [2.24, 2.45) is 4.99 Å².